The van der Waals surface area contributed by atoms with Gasteiger partial charge in [-0.3, -0.25) is 4.79 Å². The summed E-state index contributed by atoms with van der Waals surface area (Å²) in [6, 6.07) is 2.33. The quantitative estimate of drug-likeness (QED) is 0.582. The first-order chi connectivity index (χ1) is 7.77. The van der Waals surface area contributed by atoms with Gasteiger partial charge < -0.3 is 0 Å². The highest BCUT2D eigenvalue weighted by Crippen LogP contribution is 2.32. The average Bonchev–Trinajstić information content (AvgIpc) is 2.26. The summed E-state index contributed by atoms with van der Waals surface area (Å²) in [7, 11) is 0. The van der Waals surface area contributed by atoms with Crippen molar-refractivity contribution < 1.29 is 22.4 Å². The summed E-state index contributed by atoms with van der Waals surface area (Å²) < 4.78 is 50.3. The van der Waals surface area contributed by atoms with Crippen LogP contribution in [0.1, 0.15) is 36.2 Å². The van der Waals surface area contributed by atoms with Crippen LogP contribution in [0, 0.1) is 11.7 Å². The number of halogens is 4. The lowest BCUT2D eigenvalue weighted by atomic mass is 9.96. The van der Waals surface area contributed by atoms with Gasteiger partial charge in [-0.2, -0.15) is 13.2 Å². The van der Waals surface area contributed by atoms with Crippen molar-refractivity contribution in [1.82, 2.24) is 0 Å². The zero-order chi connectivity index (χ0) is 13.2. The van der Waals surface area contributed by atoms with E-state index in [4.69, 9.17) is 0 Å². The van der Waals surface area contributed by atoms with Crippen molar-refractivity contribution in [3.63, 3.8) is 0 Å². The summed E-state index contributed by atoms with van der Waals surface area (Å²) in [5.74, 6) is -2.14. The monoisotopic (exact) mass is 248 g/mol. The first-order valence-corrected chi connectivity index (χ1v) is 5.18. The zero-order valence-electron chi connectivity index (χ0n) is 9.44. The van der Waals surface area contributed by atoms with E-state index >= 15 is 0 Å². The molecule has 1 aromatic rings. The first-order valence-electron chi connectivity index (χ1n) is 5.18. The normalized spacial score (nSPS) is 13.5. The van der Waals surface area contributed by atoms with Crippen LogP contribution in [0.5, 0.6) is 0 Å². The van der Waals surface area contributed by atoms with Crippen molar-refractivity contribution in [1.29, 1.82) is 0 Å². The van der Waals surface area contributed by atoms with Crippen molar-refractivity contribution in [2.75, 3.05) is 0 Å². The third-order valence-electron chi connectivity index (χ3n) is 2.62. The minimum absolute atomic E-state index is 0.104. The second kappa shape index (κ2) is 4.85. The molecule has 17 heavy (non-hydrogen) atoms. The highest BCUT2D eigenvalue weighted by molar-refractivity contribution is 5.97. The Hall–Kier alpha value is -1.39. The van der Waals surface area contributed by atoms with E-state index in [0.29, 0.717) is 18.6 Å². The molecule has 1 unspecified atom stereocenters. The number of hydrogen-bond donors (Lipinski definition) is 0. The predicted molar refractivity (Wildman–Crippen MR) is 55.2 cm³/mol. The molecule has 94 valence electrons. The number of Topliss-reactive ketones (excluding diaryl/α,β-unsaturated/α-hetero) is 1. The Balaban J connectivity index is 3.18. The molecule has 0 saturated carbocycles. The van der Waals surface area contributed by atoms with Gasteiger partial charge in [0, 0.05) is 11.5 Å². The summed E-state index contributed by atoms with van der Waals surface area (Å²) in [5.41, 5.74) is -1.50. The molecule has 0 aliphatic rings. The van der Waals surface area contributed by atoms with Gasteiger partial charge in [-0.05, 0) is 24.6 Å². The number of carbonyl (C=O) groups is 1. The van der Waals surface area contributed by atoms with Gasteiger partial charge in [0.15, 0.2) is 5.78 Å². The molecule has 0 aromatic heterocycles. The van der Waals surface area contributed by atoms with E-state index in [0.717, 1.165) is 6.07 Å². The molecule has 0 radical (unpaired) electrons. The Morgan fingerprint density at radius 3 is 2.41 bits per heavy atom. The lowest BCUT2D eigenvalue weighted by Crippen LogP contribution is -2.14. The largest absolute Gasteiger partial charge is 0.419 e. The standard InChI is InChI=1S/C12H12F4O/c1-3-7(2)11(17)8-4-5-10(13)9(6-8)12(14,15)16/h4-7H,3H2,1-2H3. The van der Waals surface area contributed by atoms with E-state index in [2.05, 4.69) is 0 Å². The number of carbonyl (C=O) groups excluding carboxylic acids is 1. The van der Waals surface area contributed by atoms with Crippen LogP contribution in [0.15, 0.2) is 18.2 Å². The lowest BCUT2D eigenvalue weighted by molar-refractivity contribution is -0.140. The molecular weight excluding hydrogens is 236 g/mol. The topological polar surface area (TPSA) is 17.1 Å². The molecule has 1 aromatic carbocycles. The molecule has 0 amide bonds. The van der Waals surface area contributed by atoms with E-state index in [9.17, 15) is 22.4 Å². The molecule has 0 fully saturated rings. The minimum atomic E-state index is -4.78. The Morgan fingerprint density at radius 2 is 1.94 bits per heavy atom. The van der Waals surface area contributed by atoms with E-state index < -0.39 is 23.3 Å². The molecule has 0 spiro atoms. The molecule has 0 bridgehead atoms. The van der Waals surface area contributed by atoms with Crippen LogP contribution < -0.4 is 0 Å². The van der Waals surface area contributed by atoms with E-state index in [1.807, 2.05) is 0 Å². The van der Waals surface area contributed by atoms with Crippen molar-refractivity contribution >= 4 is 5.78 Å². The molecule has 0 aliphatic heterocycles. The zero-order valence-corrected chi connectivity index (χ0v) is 9.44. The minimum Gasteiger partial charge on any atom is -0.294 e. The Bertz CT molecular complexity index is 423. The van der Waals surface area contributed by atoms with Crippen LogP contribution in [-0.4, -0.2) is 5.78 Å². The Morgan fingerprint density at radius 1 is 1.35 bits per heavy atom. The molecular formula is C12H12F4O. The molecule has 5 heteroatoms. The Labute approximate surface area is 96.4 Å². The highest BCUT2D eigenvalue weighted by atomic mass is 19.4. The first kappa shape index (κ1) is 13.7. The fraction of sp³-hybridized carbons (Fsp3) is 0.417. The van der Waals surface area contributed by atoms with E-state index in [-0.39, 0.29) is 11.5 Å². The van der Waals surface area contributed by atoms with Crippen LogP contribution in [0.3, 0.4) is 0 Å². The molecule has 0 heterocycles. The van der Waals surface area contributed by atoms with Crippen LogP contribution in [0.2, 0.25) is 0 Å². The van der Waals surface area contributed by atoms with Crippen molar-refractivity contribution in [2.24, 2.45) is 5.92 Å². The number of alkyl halides is 3. The maximum atomic E-state index is 13.0. The number of rotatable bonds is 3. The molecule has 0 saturated heterocycles. The molecule has 1 rings (SSSR count). The molecule has 0 aliphatic carbocycles. The van der Waals surface area contributed by atoms with Gasteiger partial charge >= 0.3 is 6.18 Å². The summed E-state index contributed by atoms with van der Waals surface area (Å²) in [5, 5.41) is 0. The summed E-state index contributed by atoms with van der Waals surface area (Å²) in [4.78, 5) is 11.7. The highest BCUT2D eigenvalue weighted by Gasteiger charge is 2.34. The SMILES string of the molecule is CCC(C)C(=O)c1ccc(F)c(C(F)(F)F)c1. The van der Waals surface area contributed by atoms with Gasteiger partial charge in [0.25, 0.3) is 0 Å². The van der Waals surface area contributed by atoms with Gasteiger partial charge in [-0.15, -0.1) is 0 Å². The maximum Gasteiger partial charge on any atom is 0.419 e. The second-order valence-electron chi connectivity index (χ2n) is 3.87. The molecule has 0 N–H and O–H groups in total. The van der Waals surface area contributed by atoms with Crippen molar-refractivity contribution in [3.8, 4) is 0 Å². The number of benzene rings is 1. The summed E-state index contributed by atoms with van der Waals surface area (Å²) in [6.45, 7) is 3.38. The Kier molecular flexibility index (Phi) is 3.91. The maximum absolute atomic E-state index is 13.0. The van der Waals surface area contributed by atoms with Gasteiger partial charge in [-0.25, -0.2) is 4.39 Å². The fourth-order valence-corrected chi connectivity index (χ4v) is 1.37. The summed E-state index contributed by atoms with van der Waals surface area (Å²) in [6.07, 6.45) is -4.26. The van der Waals surface area contributed by atoms with Crippen LogP contribution in [0.25, 0.3) is 0 Å². The average molecular weight is 248 g/mol. The second-order valence-corrected chi connectivity index (χ2v) is 3.87. The van der Waals surface area contributed by atoms with Crippen LogP contribution in [-0.2, 0) is 6.18 Å². The van der Waals surface area contributed by atoms with Crippen molar-refractivity contribution in [2.45, 2.75) is 26.4 Å². The van der Waals surface area contributed by atoms with Crippen LogP contribution in [0.4, 0.5) is 17.6 Å². The van der Waals surface area contributed by atoms with Crippen LogP contribution >= 0.6 is 0 Å². The van der Waals surface area contributed by atoms with Gasteiger partial charge in [-0.1, -0.05) is 13.8 Å². The lowest BCUT2D eigenvalue weighted by Gasteiger charge is -2.11. The van der Waals surface area contributed by atoms with Crippen molar-refractivity contribution in [3.05, 3.63) is 35.1 Å². The number of hydrogen-bond acceptors (Lipinski definition) is 1. The third-order valence-corrected chi connectivity index (χ3v) is 2.62. The van der Waals surface area contributed by atoms with Gasteiger partial charge in [0.2, 0.25) is 0 Å². The van der Waals surface area contributed by atoms with E-state index in [1.54, 1.807) is 13.8 Å². The van der Waals surface area contributed by atoms with Gasteiger partial charge in [0.1, 0.15) is 5.82 Å². The predicted octanol–water partition coefficient (Wildman–Crippen LogP) is 4.07. The molecule has 1 nitrogen and oxygen atoms in total. The number of ketones is 1. The third kappa shape index (κ3) is 3.05. The molecule has 1 atom stereocenters. The smallest absolute Gasteiger partial charge is 0.294 e. The van der Waals surface area contributed by atoms with Gasteiger partial charge in [0.05, 0.1) is 5.56 Å². The fourth-order valence-electron chi connectivity index (χ4n) is 1.37. The van der Waals surface area contributed by atoms with E-state index in [1.165, 1.54) is 0 Å². The summed E-state index contributed by atoms with van der Waals surface area (Å²) >= 11 is 0.